The highest BCUT2D eigenvalue weighted by atomic mass is 35.5. The Balaban J connectivity index is 1.95. The van der Waals surface area contributed by atoms with Crippen LogP contribution in [-0.4, -0.2) is 29.0 Å². The van der Waals surface area contributed by atoms with Crippen molar-refractivity contribution in [2.45, 2.75) is 39.7 Å². The molecule has 0 aliphatic rings. The quantitative estimate of drug-likeness (QED) is 0.126. The molecule has 0 unspecified atom stereocenters. The summed E-state index contributed by atoms with van der Waals surface area (Å²) in [5, 5.41) is 12.5. The number of nitrogens with zero attached hydrogens (tertiary/aromatic N) is 4. The van der Waals surface area contributed by atoms with Crippen LogP contribution in [0.25, 0.3) is 16.6 Å². The van der Waals surface area contributed by atoms with Crippen molar-refractivity contribution in [1.29, 1.82) is 5.26 Å². The van der Waals surface area contributed by atoms with Crippen molar-refractivity contribution in [1.82, 2.24) is 9.97 Å². The second-order valence-corrected chi connectivity index (χ2v) is 8.86. The summed E-state index contributed by atoms with van der Waals surface area (Å²) < 4.78 is 35.1. The zero-order valence-electron chi connectivity index (χ0n) is 21.3. The molecular formula is C28H29ClF2N6O. The van der Waals surface area contributed by atoms with Gasteiger partial charge in [-0.25, -0.2) is 23.7 Å². The molecule has 2 aromatic heterocycles. The number of aliphatic imine (C=N–C) groups is 1. The summed E-state index contributed by atoms with van der Waals surface area (Å²) in [5.74, 6) is -0.677. The fourth-order valence-corrected chi connectivity index (χ4v) is 3.84. The Bertz CT molecular complexity index is 1430. The maximum absolute atomic E-state index is 15.1. The van der Waals surface area contributed by atoms with E-state index in [0.29, 0.717) is 47.1 Å². The molecule has 0 saturated heterocycles. The van der Waals surface area contributed by atoms with Crippen LogP contribution in [0.5, 0.6) is 0 Å². The minimum atomic E-state index is -0.618. The molecule has 10 heteroatoms. The maximum atomic E-state index is 15.1. The Morgan fingerprint density at radius 3 is 2.74 bits per heavy atom. The number of aromatic nitrogens is 2. The average Bonchev–Trinajstić information content (AvgIpc) is 2.90. The predicted molar refractivity (Wildman–Crippen MR) is 148 cm³/mol. The van der Waals surface area contributed by atoms with Gasteiger partial charge < -0.3 is 15.8 Å². The molecular weight excluding hydrogens is 510 g/mol. The van der Waals surface area contributed by atoms with E-state index >= 15 is 4.39 Å². The van der Waals surface area contributed by atoms with Crippen LogP contribution in [0.3, 0.4) is 0 Å². The van der Waals surface area contributed by atoms with Gasteiger partial charge in [0.05, 0.1) is 40.2 Å². The molecule has 0 aliphatic carbocycles. The summed E-state index contributed by atoms with van der Waals surface area (Å²) in [4.78, 5) is 13.1. The van der Waals surface area contributed by atoms with Gasteiger partial charge in [0.25, 0.3) is 0 Å². The Morgan fingerprint density at radius 1 is 1.24 bits per heavy atom. The number of allylic oxidation sites excluding steroid dienone is 2. The predicted octanol–water partition coefficient (Wildman–Crippen LogP) is 6.44. The number of nitrogens with one attached hydrogen (secondary N) is 1. The maximum Gasteiger partial charge on any atom is 0.184 e. The molecule has 3 N–H and O–H groups in total. The molecule has 0 amide bonds. The number of nitriles is 1. The van der Waals surface area contributed by atoms with Crippen molar-refractivity contribution < 1.29 is 13.5 Å². The number of unbranched alkanes of at least 4 members (excludes halogenated alkanes) is 2. The summed E-state index contributed by atoms with van der Waals surface area (Å²) >= 11 is 6.54. The second-order valence-electron chi connectivity index (χ2n) is 8.48. The standard InChI is InChI=1S/C28H29ClF2N6O/c1-4-20(15-34-18(3)38-11-7-5-6-10-32)26-23(31)13-24-27(37-26)28(25(29)17(2)36-24)35-16-21-12-19(14-33)8-9-22(21)30/h4,8-9,12-13,15H,1,5-7,10-11,16,32H2,2-3H3,(H,35,36)/b20-15+,34-18?. The molecule has 3 aromatic rings. The number of ether oxygens (including phenoxy) is 1. The van der Waals surface area contributed by atoms with Crippen LogP contribution < -0.4 is 11.1 Å². The number of rotatable bonds is 11. The molecule has 38 heavy (non-hydrogen) atoms. The average molecular weight is 539 g/mol. The number of halogens is 3. The van der Waals surface area contributed by atoms with E-state index in [1.807, 2.05) is 6.07 Å². The van der Waals surface area contributed by atoms with E-state index in [1.165, 1.54) is 36.5 Å². The molecule has 0 fully saturated rings. The molecule has 0 spiro atoms. The van der Waals surface area contributed by atoms with Gasteiger partial charge in [0.15, 0.2) is 11.7 Å². The number of anilines is 1. The van der Waals surface area contributed by atoms with E-state index in [0.717, 1.165) is 19.3 Å². The topological polar surface area (TPSA) is 109 Å². The minimum absolute atomic E-state index is 0.00516. The lowest BCUT2D eigenvalue weighted by molar-refractivity contribution is 0.291. The SMILES string of the molecule is C=C/C(=C\N=C(C)OCCCCCN)c1nc2c(NCc3cc(C#N)ccc3F)c(Cl)c(C)nc2cc1F. The van der Waals surface area contributed by atoms with E-state index in [9.17, 15) is 4.39 Å². The van der Waals surface area contributed by atoms with E-state index in [1.54, 1.807) is 13.8 Å². The Labute approximate surface area is 225 Å². The van der Waals surface area contributed by atoms with Crippen molar-refractivity contribution in [2.24, 2.45) is 10.7 Å². The minimum Gasteiger partial charge on any atom is -0.481 e. The van der Waals surface area contributed by atoms with Gasteiger partial charge in [-0.1, -0.05) is 24.3 Å². The lowest BCUT2D eigenvalue weighted by Crippen LogP contribution is -2.07. The molecule has 7 nitrogen and oxygen atoms in total. The summed E-state index contributed by atoms with van der Waals surface area (Å²) in [6.07, 6.45) is 5.62. The molecule has 0 atom stereocenters. The van der Waals surface area contributed by atoms with E-state index in [-0.39, 0.29) is 28.3 Å². The van der Waals surface area contributed by atoms with E-state index in [4.69, 9.17) is 27.3 Å². The van der Waals surface area contributed by atoms with Crippen molar-refractivity contribution in [3.05, 3.63) is 82.3 Å². The number of pyridine rings is 2. The first kappa shape index (κ1) is 28.7. The first-order valence-corrected chi connectivity index (χ1v) is 12.5. The monoisotopic (exact) mass is 538 g/mol. The third-order valence-electron chi connectivity index (χ3n) is 5.69. The largest absolute Gasteiger partial charge is 0.481 e. The molecule has 0 radical (unpaired) electrons. The van der Waals surface area contributed by atoms with Gasteiger partial charge in [0.2, 0.25) is 0 Å². The van der Waals surface area contributed by atoms with Crippen LogP contribution in [-0.2, 0) is 11.3 Å². The fourth-order valence-electron chi connectivity index (χ4n) is 3.64. The van der Waals surface area contributed by atoms with E-state index in [2.05, 4.69) is 26.9 Å². The Morgan fingerprint density at radius 2 is 2.03 bits per heavy atom. The summed E-state index contributed by atoms with van der Waals surface area (Å²) in [6.45, 7) is 8.32. The fraction of sp³-hybridized carbons (Fsp3) is 0.286. The smallest absolute Gasteiger partial charge is 0.184 e. The van der Waals surface area contributed by atoms with Crippen LogP contribution in [0.2, 0.25) is 5.02 Å². The summed E-state index contributed by atoms with van der Waals surface area (Å²) in [5.41, 5.74) is 7.78. The molecule has 0 bridgehead atoms. The van der Waals surface area contributed by atoms with E-state index < -0.39 is 11.6 Å². The van der Waals surface area contributed by atoms with Gasteiger partial charge in [-0.05, 0) is 50.9 Å². The van der Waals surface area contributed by atoms with Crippen LogP contribution in [0.15, 0.2) is 48.1 Å². The Hall–Kier alpha value is -3.87. The van der Waals surface area contributed by atoms with Crippen molar-refractivity contribution in [2.75, 3.05) is 18.5 Å². The summed E-state index contributed by atoms with van der Waals surface area (Å²) in [7, 11) is 0. The van der Waals surface area contributed by atoms with Gasteiger partial charge in [-0.15, -0.1) is 0 Å². The lowest BCUT2D eigenvalue weighted by atomic mass is 10.1. The molecule has 1 aromatic carbocycles. The highest BCUT2D eigenvalue weighted by molar-refractivity contribution is 6.35. The molecule has 0 aliphatic heterocycles. The number of aryl methyl sites for hydroxylation is 1. The van der Waals surface area contributed by atoms with Crippen LogP contribution >= 0.6 is 11.6 Å². The molecule has 3 rings (SSSR count). The zero-order chi connectivity index (χ0) is 27.7. The highest BCUT2D eigenvalue weighted by Gasteiger charge is 2.18. The first-order valence-electron chi connectivity index (χ1n) is 12.1. The number of hydrogen-bond acceptors (Lipinski definition) is 7. The zero-order valence-corrected chi connectivity index (χ0v) is 22.1. The molecule has 0 saturated carbocycles. The van der Waals surface area contributed by atoms with Gasteiger partial charge >= 0.3 is 0 Å². The van der Waals surface area contributed by atoms with Crippen LogP contribution in [0, 0.1) is 29.9 Å². The number of fused-ring (bicyclic) bond motifs is 1. The molecule has 2 heterocycles. The summed E-state index contributed by atoms with van der Waals surface area (Å²) in [6, 6.07) is 7.32. The van der Waals surface area contributed by atoms with Gasteiger partial charge in [-0.2, -0.15) is 5.26 Å². The third-order valence-corrected chi connectivity index (χ3v) is 6.15. The third kappa shape index (κ3) is 7.12. The van der Waals surface area contributed by atoms with Crippen molar-refractivity contribution >= 4 is 39.8 Å². The molecule has 198 valence electrons. The number of hydrogen-bond donors (Lipinski definition) is 2. The van der Waals surface area contributed by atoms with Crippen molar-refractivity contribution in [3.63, 3.8) is 0 Å². The van der Waals surface area contributed by atoms with Gasteiger partial charge in [0.1, 0.15) is 17.0 Å². The Kier molecular flexibility index (Phi) is 10.3. The second kappa shape index (κ2) is 13.6. The number of benzene rings is 1. The highest BCUT2D eigenvalue weighted by Crippen LogP contribution is 2.34. The number of nitrogens with two attached hydrogens (primary N) is 1. The van der Waals surface area contributed by atoms with Crippen molar-refractivity contribution in [3.8, 4) is 6.07 Å². The van der Waals surface area contributed by atoms with Crippen LogP contribution in [0.1, 0.15) is 48.7 Å². The first-order chi connectivity index (χ1) is 18.3. The van der Waals surface area contributed by atoms with Gasteiger partial charge in [0, 0.05) is 36.9 Å². The van der Waals surface area contributed by atoms with Crippen LogP contribution in [0.4, 0.5) is 14.5 Å². The normalized spacial score (nSPS) is 11.9. The lowest BCUT2D eigenvalue weighted by Gasteiger charge is -2.15. The van der Waals surface area contributed by atoms with Gasteiger partial charge in [-0.3, -0.25) is 0 Å².